The van der Waals surface area contributed by atoms with Crippen molar-refractivity contribution < 1.29 is 0 Å². The first-order chi connectivity index (χ1) is 9.54. The Morgan fingerprint density at radius 3 is 2.90 bits per heavy atom. The summed E-state index contributed by atoms with van der Waals surface area (Å²) in [4.78, 5) is 2.27. The molecule has 1 aromatic heterocycles. The van der Waals surface area contributed by atoms with Gasteiger partial charge in [-0.1, -0.05) is 28.1 Å². The van der Waals surface area contributed by atoms with Gasteiger partial charge >= 0.3 is 0 Å². The lowest BCUT2D eigenvalue weighted by Gasteiger charge is -2.19. The molecule has 2 aromatic rings. The van der Waals surface area contributed by atoms with E-state index in [0.717, 1.165) is 24.0 Å². The molecule has 108 valence electrons. The fourth-order valence-electron chi connectivity index (χ4n) is 2.21. The molecule has 0 spiro atoms. The Morgan fingerprint density at radius 1 is 1.45 bits per heavy atom. The Bertz CT molecular complexity index is 552. The number of aryl methyl sites for hydroxylation is 1. The largest absolute Gasteiger partial charge is 0.324 e. The van der Waals surface area contributed by atoms with Crippen molar-refractivity contribution in [1.82, 2.24) is 14.7 Å². The highest BCUT2D eigenvalue weighted by atomic mass is 79.9. The number of hydrogen-bond acceptors (Lipinski definition) is 3. The van der Waals surface area contributed by atoms with Crippen molar-refractivity contribution in [3.63, 3.8) is 0 Å². The predicted octanol–water partition coefficient (Wildman–Crippen LogP) is 2.70. The van der Waals surface area contributed by atoms with Crippen LogP contribution < -0.4 is 5.73 Å². The van der Waals surface area contributed by atoms with Crippen LogP contribution in [0.4, 0.5) is 0 Å². The molecule has 5 heteroatoms. The summed E-state index contributed by atoms with van der Waals surface area (Å²) in [6, 6.07) is 8.29. The lowest BCUT2D eigenvalue weighted by atomic mass is 10.0. The molecule has 1 unspecified atom stereocenters. The van der Waals surface area contributed by atoms with Crippen molar-refractivity contribution in [2.24, 2.45) is 12.8 Å². The Hall–Kier alpha value is -1.17. The van der Waals surface area contributed by atoms with E-state index in [4.69, 9.17) is 5.73 Å². The quantitative estimate of drug-likeness (QED) is 0.882. The number of nitrogens with two attached hydrogens (primary N) is 1. The van der Waals surface area contributed by atoms with Gasteiger partial charge in [-0.25, -0.2) is 0 Å². The Labute approximate surface area is 128 Å². The number of nitrogens with zero attached hydrogens (tertiary/aromatic N) is 3. The molecule has 0 bridgehead atoms. The molecule has 1 aromatic carbocycles. The number of benzene rings is 1. The molecular weight excluding hydrogens is 316 g/mol. The van der Waals surface area contributed by atoms with Gasteiger partial charge < -0.3 is 10.6 Å². The molecule has 1 atom stereocenters. The van der Waals surface area contributed by atoms with E-state index in [1.54, 1.807) is 0 Å². The van der Waals surface area contributed by atoms with Gasteiger partial charge in [0.15, 0.2) is 0 Å². The van der Waals surface area contributed by atoms with E-state index in [1.165, 1.54) is 11.1 Å². The van der Waals surface area contributed by atoms with Crippen LogP contribution >= 0.6 is 15.9 Å². The van der Waals surface area contributed by atoms with Crippen molar-refractivity contribution in [3.05, 3.63) is 52.3 Å². The summed E-state index contributed by atoms with van der Waals surface area (Å²) in [6.07, 6.45) is 4.89. The van der Waals surface area contributed by atoms with Gasteiger partial charge in [-0.3, -0.25) is 4.68 Å². The first-order valence-corrected chi connectivity index (χ1v) is 7.51. The van der Waals surface area contributed by atoms with Gasteiger partial charge in [-0.2, -0.15) is 5.10 Å². The van der Waals surface area contributed by atoms with E-state index in [2.05, 4.69) is 45.1 Å². The van der Waals surface area contributed by atoms with Crippen LogP contribution in [0.5, 0.6) is 0 Å². The minimum absolute atomic E-state index is 0.0730. The summed E-state index contributed by atoms with van der Waals surface area (Å²) >= 11 is 3.48. The van der Waals surface area contributed by atoms with E-state index >= 15 is 0 Å². The molecule has 20 heavy (non-hydrogen) atoms. The van der Waals surface area contributed by atoms with Gasteiger partial charge in [0.25, 0.3) is 0 Å². The summed E-state index contributed by atoms with van der Waals surface area (Å²) < 4.78 is 2.91. The molecule has 0 amide bonds. The standard InChI is InChI=1S/C15H21BrN4/c1-19(10-12-9-18-20(2)11-12)7-6-15(17)13-4-3-5-14(16)8-13/h3-5,8-9,11,15H,6-7,10,17H2,1-2H3. The second-order valence-corrected chi connectivity index (χ2v) is 6.13. The number of aromatic nitrogens is 2. The summed E-state index contributed by atoms with van der Waals surface area (Å²) in [5.74, 6) is 0. The van der Waals surface area contributed by atoms with Crippen LogP contribution in [-0.4, -0.2) is 28.3 Å². The number of halogens is 1. The van der Waals surface area contributed by atoms with Crippen molar-refractivity contribution in [2.45, 2.75) is 19.0 Å². The summed E-state index contributed by atoms with van der Waals surface area (Å²) in [6.45, 7) is 1.86. The molecule has 2 N–H and O–H groups in total. The van der Waals surface area contributed by atoms with Gasteiger partial charge in [0.2, 0.25) is 0 Å². The van der Waals surface area contributed by atoms with Crippen LogP contribution in [0.15, 0.2) is 41.1 Å². The monoisotopic (exact) mass is 336 g/mol. The maximum Gasteiger partial charge on any atom is 0.0534 e. The van der Waals surface area contributed by atoms with Crippen molar-refractivity contribution in [1.29, 1.82) is 0 Å². The minimum Gasteiger partial charge on any atom is -0.324 e. The normalized spacial score (nSPS) is 12.8. The predicted molar refractivity (Wildman–Crippen MR) is 85.2 cm³/mol. The SMILES string of the molecule is CN(CCC(N)c1cccc(Br)c1)Cc1cnn(C)c1. The minimum atomic E-state index is 0.0730. The van der Waals surface area contributed by atoms with Crippen LogP contribution in [0.3, 0.4) is 0 Å². The zero-order chi connectivity index (χ0) is 14.5. The highest BCUT2D eigenvalue weighted by Gasteiger charge is 2.09. The zero-order valence-electron chi connectivity index (χ0n) is 12.0. The third-order valence-corrected chi connectivity index (χ3v) is 3.80. The maximum atomic E-state index is 6.25. The Balaban J connectivity index is 1.82. The average Bonchev–Trinajstić information content (AvgIpc) is 2.81. The maximum absolute atomic E-state index is 6.25. The topological polar surface area (TPSA) is 47.1 Å². The van der Waals surface area contributed by atoms with E-state index in [9.17, 15) is 0 Å². The van der Waals surface area contributed by atoms with Crippen molar-refractivity contribution in [3.8, 4) is 0 Å². The van der Waals surface area contributed by atoms with E-state index < -0.39 is 0 Å². The molecule has 1 heterocycles. The third-order valence-electron chi connectivity index (χ3n) is 3.31. The Kier molecular flexibility index (Phi) is 5.34. The molecule has 0 radical (unpaired) electrons. The summed E-state index contributed by atoms with van der Waals surface area (Å²) in [7, 11) is 4.05. The molecule has 2 rings (SSSR count). The lowest BCUT2D eigenvalue weighted by Crippen LogP contribution is -2.23. The van der Waals surface area contributed by atoms with Gasteiger partial charge in [0.05, 0.1) is 6.20 Å². The van der Waals surface area contributed by atoms with E-state index in [-0.39, 0.29) is 6.04 Å². The number of hydrogen-bond donors (Lipinski definition) is 1. The highest BCUT2D eigenvalue weighted by molar-refractivity contribution is 9.10. The first-order valence-electron chi connectivity index (χ1n) is 6.71. The highest BCUT2D eigenvalue weighted by Crippen LogP contribution is 2.19. The van der Waals surface area contributed by atoms with Crippen LogP contribution in [0.25, 0.3) is 0 Å². The van der Waals surface area contributed by atoms with E-state index in [1.807, 2.05) is 36.3 Å². The van der Waals surface area contributed by atoms with Crippen LogP contribution in [-0.2, 0) is 13.6 Å². The molecule has 0 aliphatic heterocycles. The second kappa shape index (κ2) is 7.02. The van der Waals surface area contributed by atoms with E-state index in [0.29, 0.717) is 0 Å². The molecule has 0 saturated carbocycles. The second-order valence-electron chi connectivity index (χ2n) is 5.21. The van der Waals surface area contributed by atoms with Crippen LogP contribution in [0.1, 0.15) is 23.6 Å². The molecule has 0 fully saturated rings. The lowest BCUT2D eigenvalue weighted by molar-refractivity contribution is 0.311. The van der Waals surface area contributed by atoms with Crippen molar-refractivity contribution >= 4 is 15.9 Å². The molecule has 0 aliphatic carbocycles. The van der Waals surface area contributed by atoms with Crippen LogP contribution in [0, 0.1) is 0 Å². The Morgan fingerprint density at radius 2 is 2.25 bits per heavy atom. The molecule has 0 aliphatic rings. The number of rotatable bonds is 6. The summed E-state index contributed by atoms with van der Waals surface area (Å²) in [5.41, 5.74) is 8.65. The van der Waals surface area contributed by atoms with Gasteiger partial charge in [-0.05, 0) is 37.7 Å². The van der Waals surface area contributed by atoms with Gasteiger partial charge in [0.1, 0.15) is 0 Å². The van der Waals surface area contributed by atoms with Gasteiger partial charge in [-0.15, -0.1) is 0 Å². The molecule has 4 nitrogen and oxygen atoms in total. The summed E-state index contributed by atoms with van der Waals surface area (Å²) in [5, 5.41) is 4.18. The van der Waals surface area contributed by atoms with Crippen LogP contribution in [0.2, 0.25) is 0 Å². The first kappa shape index (κ1) is 15.2. The zero-order valence-corrected chi connectivity index (χ0v) is 13.5. The molecular formula is C15H21BrN4. The fourth-order valence-corrected chi connectivity index (χ4v) is 2.62. The van der Waals surface area contributed by atoms with Crippen molar-refractivity contribution in [2.75, 3.05) is 13.6 Å². The third kappa shape index (κ3) is 4.44. The fraction of sp³-hybridized carbons (Fsp3) is 0.400. The average molecular weight is 337 g/mol. The smallest absolute Gasteiger partial charge is 0.0534 e. The molecule has 0 saturated heterocycles. The van der Waals surface area contributed by atoms with Gasteiger partial charge in [0, 0.05) is 35.9 Å².